The van der Waals surface area contributed by atoms with Crippen molar-refractivity contribution >= 4 is 32.9 Å². The number of ether oxygens (including phenoxy) is 1. The molecule has 0 saturated heterocycles. The third-order valence-corrected chi connectivity index (χ3v) is 3.09. The molecule has 0 aliphatic heterocycles. The Morgan fingerprint density at radius 1 is 1.53 bits per heavy atom. The van der Waals surface area contributed by atoms with E-state index in [4.69, 9.17) is 10.5 Å². The lowest BCUT2D eigenvalue weighted by atomic mass is 10.3. The SMILES string of the molecule is CCOCCn1c(N)nc2cc(F)c(Br)cc21. The Morgan fingerprint density at radius 2 is 2.29 bits per heavy atom. The Morgan fingerprint density at radius 3 is 3.00 bits per heavy atom. The van der Waals surface area contributed by atoms with Crippen molar-refractivity contribution in [3.05, 3.63) is 22.4 Å². The van der Waals surface area contributed by atoms with Crippen molar-refractivity contribution in [1.29, 1.82) is 0 Å². The highest BCUT2D eigenvalue weighted by Crippen LogP contribution is 2.24. The van der Waals surface area contributed by atoms with Crippen LogP contribution in [0.5, 0.6) is 0 Å². The molecule has 2 rings (SSSR count). The molecule has 4 nitrogen and oxygen atoms in total. The highest BCUT2D eigenvalue weighted by atomic mass is 79.9. The van der Waals surface area contributed by atoms with Crippen LogP contribution in [0.2, 0.25) is 0 Å². The molecule has 1 heterocycles. The lowest BCUT2D eigenvalue weighted by Gasteiger charge is -2.06. The summed E-state index contributed by atoms with van der Waals surface area (Å²) in [5.41, 5.74) is 7.15. The number of anilines is 1. The number of aromatic nitrogens is 2. The predicted octanol–water partition coefficient (Wildman–Crippen LogP) is 2.56. The fourth-order valence-corrected chi connectivity index (χ4v) is 2.01. The molecular weight excluding hydrogens is 289 g/mol. The molecule has 0 spiro atoms. The molecule has 17 heavy (non-hydrogen) atoms. The monoisotopic (exact) mass is 301 g/mol. The molecule has 0 atom stereocenters. The maximum atomic E-state index is 13.3. The first-order valence-electron chi connectivity index (χ1n) is 5.32. The zero-order valence-electron chi connectivity index (χ0n) is 9.41. The predicted molar refractivity (Wildman–Crippen MR) is 68.3 cm³/mol. The summed E-state index contributed by atoms with van der Waals surface area (Å²) in [7, 11) is 0. The minimum Gasteiger partial charge on any atom is -0.380 e. The minimum absolute atomic E-state index is 0.341. The zero-order chi connectivity index (χ0) is 12.4. The van der Waals surface area contributed by atoms with Gasteiger partial charge in [-0.2, -0.15) is 0 Å². The van der Waals surface area contributed by atoms with Gasteiger partial charge in [-0.15, -0.1) is 0 Å². The van der Waals surface area contributed by atoms with Gasteiger partial charge in [-0.25, -0.2) is 9.37 Å². The summed E-state index contributed by atoms with van der Waals surface area (Å²) in [6.45, 7) is 3.75. The highest BCUT2D eigenvalue weighted by molar-refractivity contribution is 9.10. The third kappa shape index (κ3) is 2.42. The van der Waals surface area contributed by atoms with Crippen LogP contribution in [-0.2, 0) is 11.3 Å². The summed E-state index contributed by atoms with van der Waals surface area (Å²) in [6.07, 6.45) is 0. The van der Waals surface area contributed by atoms with E-state index >= 15 is 0 Å². The molecular formula is C11H13BrFN3O. The van der Waals surface area contributed by atoms with Gasteiger partial charge in [0.05, 0.1) is 22.1 Å². The number of hydrogen-bond acceptors (Lipinski definition) is 3. The Bertz CT molecular complexity index is 541. The largest absolute Gasteiger partial charge is 0.380 e. The molecule has 0 aliphatic rings. The Balaban J connectivity index is 2.40. The van der Waals surface area contributed by atoms with Gasteiger partial charge in [0.15, 0.2) is 0 Å². The molecule has 2 aromatic rings. The molecule has 0 bridgehead atoms. The van der Waals surface area contributed by atoms with Gasteiger partial charge in [0.25, 0.3) is 0 Å². The lowest BCUT2D eigenvalue weighted by molar-refractivity contribution is 0.140. The van der Waals surface area contributed by atoms with E-state index in [0.717, 1.165) is 5.52 Å². The average molecular weight is 302 g/mol. The highest BCUT2D eigenvalue weighted by Gasteiger charge is 2.11. The number of hydrogen-bond donors (Lipinski definition) is 1. The Kier molecular flexibility index (Phi) is 3.63. The normalized spacial score (nSPS) is 11.2. The maximum Gasteiger partial charge on any atom is 0.201 e. The quantitative estimate of drug-likeness (QED) is 0.883. The van der Waals surface area contributed by atoms with Crippen LogP contribution < -0.4 is 5.73 Å². The smallest absolute Gasteiger partial charge is 0.201 e. The van der Waals surface area contributed by atoms with Gasteiger partial charge in [-0.05, 0) is 28.9 Å². The Hall–Kier alpha value is -1.14. The second kappa shape index (κ2) is 5.01. The van der Waals surface area contributed by atoms with Crippen molar-refractivity contribution in [2.45, 2.75) is 13.5 Å². The number of nitrogens with zero attached hydrogens (tertiary/aromatic N) is 2. The van der Waals surface area contributed by atoms with E-state index in [0.29, 0.717) is 35.7 Å². The summed E-state index contributed by atoms with van der Waals surface area (Å²) in [5, 5.41) is 0. The van der Waals surface area contributed by atoms with Gasteiger partial charge in [-0.3, -0.25) is 0 Å². The average Bonchev–Trinajstić information content (AvgIpc) is 2.57. The van der Waals surface area contributed by atoms with Crippen LogP contribution in [0, 0.1) is 5.82 Å². The van der Waals surface area contributed by atoms with Crippen molar-refractivity contribution < 1.29 is 9.13 Å². The standard InChI is InChI=1S/C11H13BrFN3O/c1-2-17-4-3-16-10-5-7(12)8(13)6-9(10)15-11(16)14/h5-6H,2-4H2,1H3,(H2,14,15). The van der Waals surface area contributed by atoms with Crippen LogP contribution in [0.3, 0.4) is 0 Å². The van der Waals surface area contributed by atoms with Crippen LogP contribution in [0.1, 0.15) is 6.92 Å². The molecule has 0 radical (unpaired) electrons. The van der Waals surface area contributed by atoms with E-state index in [1.165, 1.54) is 6.07 Å². The van der Waals surface area contributed by atoms with Crippen LogP contribution in [0.4, 0.5) is 10.3 Å². The first-order valence-corrected chi connectivity index (χ1v) is 6.11. The van der Waals surface area contributed by atoms with Crippen LogP contribution in [-0.4, -0.2) is 22.8 Å². The summed E-state index contributed by atoms with van der Waals surface area (Å²) >= 11 is 3.15. The van der Waals surface area contributed by atoms with Crippen LogP contribution in [0.15, 0.2) is 16.6 Å². The van der Waals surface area contributed by atoms with Crippen molar-refractivity contribution in [3.63, 3.8) is 0 Å². The fourth-order valence-electron chi connectivity index (χ4n) is 1.67. The summed E-state index contributed by atoms with van der Waals surface area (Å²) in [5.74, 6) is 0.0316. The maximum absolute atomic E-state index is 13.3. The molecule has 0 aliphatic carbocycles. The fraction of sp³-hybridized carbons (Fsp3) is 0.364. The van der Waals surface area contributed by atoms with Gasteiger partial charge >= 0.3 is 0 Å². The van der Waals surface area contributed by atoms with E-state index in [-0.39, 0.29) is 5.82 Å². The molecule has 0 saturated carbocycles. The van der Waals surface area contributed by atoms with Gasteiger partial charge < -0.3 is 15.0 Å². The van der Waals surface area contributed by atoms with E-state index in [1.54, 1.807) is 6.07 Å². The number of nitrogens with two attached hydrogens (primary N) is 1. The minimum atomic E-state index is -0.341. The first kappa shape index (κ1) is 12.3. The van der Waals surface area contributed by atoms with Crippen molar-refractivity contribution in [2.75, 3.05) is 18.9 Å². The van der Waals surface area contributed by atoms with Gasteiger partial charge in [-0.1, -0.05) is 0 Å². The van der Waals surface area contributed by atoms with Crippen molar-refractivity contribution in [2.24, 2.45) is 0 Å². The first-order chi connectivity index (χ1) is 8.13. The number of halogens is 2. The number of rotatable bonds is 4. The van der Waals surface area contributed by atoms with Crippen molar-refractivity contribution in [1.82, 2.24) is 9.55 Å². The number of nitrogen functional groups attached to an aromatic ring is 1. The molecule has 0 amide bonds. The van der Waals surface area contributed by atoms with Crippen LogP contribution in [0.25, 0.3) is 11.0 Å². The van der Waals surface area contributed by atoms with Gasteiger partial charge in [0.1, 0.15) is 5.82 Å². The van der Waals surface area contributed by atoms with Gasteiger partial charge in [0, 0.05) is 19.2 Å². The lowest BCUT2D eigenvalue weighted by Crippen LogP contribution is -2.08. The summed E-state index contributed by atoms with van der Waals surface area (Å²) in [4.78, 5) is 4.12. The zero-order valence-corrected chi connectivity index (χ0v) is 11.0. The molecule has 0 fully saturated rings. The summed E-state index contributed by atoms with van der Waals surface area (Å²) < 4.78 is 20.8. The van der Waals surface area contributed by atoms with E-state index in [1.807, 2.05) is 11.5 Å². The molecule has 2 N–H and O–H groups in total. The van der Waals surface area contributed by atoms with Crippen LogP contribution >= 0.6 is 15.9 Å². The Labute approximate surface area is 107 Å². The number of fused-ring (bicyclic) bond motifs is 1. The molecule has 6 heteroatoms. The third-order valence-electron chi connectivity index (χ3n) is 2.48. The molecule has 0 unspecified atom stereocenters. The molecule has 92 valence electrons. The number of imidazole rings is 1. The summed E-state index contributed by atoms with van der Waals surface area (Å²) in [6, 6.07) is 3.05. The van der Waals surface area contributed by atoms with E-state index in [2.05, 4.69) is 20.9 Å². The molecule has 1 aromatic heterocycles. The molecule has 1 aromatic carbocycles. The topological polar surface area (TPSA) is 53.1 Å². The van der Waals surface area contributed by atoms with Crippen molar-refractivity contribution in [3.8, 4) is 0 Å². The second-order valence-corrected chi connectivity index (χ2v) is 4.43. The second-order valence-electron chi connectivity index (χ2n) is 3.57. The van der Waals surface area contributed by atoms with Gasteiger partial charge in [0.2, 0.25) is 5.95 Å². The van der Waals surface area contributed by atoms with E-state index < -0.39 is 0 Å². The van der Waals surface area contributed by atoms with E-state index in [9.17, 15) is 4.39 Å². The number of benzene rings is 1.